The van der Waals surface area contributed by atoms with Gasteiger partial charge in [-0.15, -0.1) is 0 Å². The number of carbonyl (C=O) groups is 1. The molecule has 1 aliphatic heterocycles. The molecule has 25 heavy (non-hydrogen) atoms. The number of benzene rings is 1. The van der Waals surface area contributed by atoms with Crippen molar-refractivity contribution < 1.29 is 9.53 Å². The van der Waals surface area contributed by atoms with Crippen molar-refractivity contribution >= 4 is 17.5 Å². The number of amides is 1. The molecule has 2 aliphatic rings. The molecule has 138 valence electrons. The number of piperidine rings is 1. The zero-order valence-electron chi connectivity index (χ0n) is 15.1. The van der Waals surface area contributed by atoms with Crippen molar-refractivity contribution in [3.05, 3.63) is 34.9 Å². The van der Waals surface area contributed by atoms with Crippen LogP contribution in [0.4, 0.5) is 0 Å². The van der Waals surface area contributed by atoms with Crippen LogP contribution < -0.4 is 10.6 Å². The summed E-state index contributed by atoms with van der Waals surface area (Å²) in [5, 5.41) is 7.40. The molecule has 3 rings (SSSR count). The first-order chi connectivity index (χ1) is 12.1. The Labute approximate surface area is 155 Å². The van der Waals surface area contributed by atoms with Gasteiger partial charge in [-0.25, -0.2) is 0 Å². The first kappa shape index (κ1) is 18.7. The summed E-state index contributed by atoms with van der Waals surface area (Å²) < 4.78 is 5.40. The van der Waals surface area contributed by atoms with E-state index in [4.69, 9.17) is 16.3 Å². The first-order valence-corrected chi connectivity index (χ1v) is 9.72. The highest BCUT2D eigenvalue weighted by atomic mass is 35.5. The fourth-order valence-corrected chi connectivity index (χ4v) is 4.68. The van der Waals surface area contributed by atoms with Gasteiger partial charge in [0.2, 0.25) is 5.91 Å². The Morgan fingerprint density at radius 3 is 2.60 bits per heavy atom. The third-order valence-corrected chi connectivity index (χ3v) is 6.28. The standard InChI is InChI=1S/C20H29ClN2O2/c1-25-15-20(9-11-22-12-10-20)18(24)23-14-19(7-2-3-8-19)16-5-4-6-17(21)13-16/h4-6,13,22H,2-3,7-12,14-15H2,1H3,(H,23,24). The normalized spacial score (nSPS) is 21.8. The van der Waals surface area contributed by atoms with Gasteiger partial charge in [-0.2, -0.15) is 0 Å². The molecule has 1 aromatic rings. The van der Waals surface area contributed by atoms with Crippen LogP contribution in [0.2, 0.25) is 5.02 Å². The minimum atomic E-state index is -0.395. The Kier molecular flexibility index (Phi) is 6.03. The fourth-order valence-electron chi connectivity index (χ4n) is 4.49. The first-order valence-electron chi connectivity index (χ1n) is 9.34. The topological polar surface area (TPSA) is 50.4 Å². The van der Waals surface area contributed by atoms with Gasteiger partial charge in [-0.3, -0.25) is 4.79 Å². The lowest BCUT2D eigenvalue weighted by Crippen LogP contribution is -2.52. The van der Waals surface area contributed by atoms with Gasteiger partial charge in [0.25, 0.3) is 0 Å². The lowest BCUT2D eigenvalue weighted by atomic mass is 9.76. The molecule has 0 aromatic heterocycles. The molecule has 4 nitrogen and oxygen atoms in total. The second-order valence-electron chi connectivity index (χ2n) is 7.64. The van der Waals surface area contributed by atoms with E-state index in [-0.39, 0.29) is 11.3 Å². The smallest absolute Gasteiger partial charge is 0.228 e. The molecular formula is C20H29ClN2O2. The van der Waals surface area contributed by atoms with E-state index in [2.05, 4.69) is 22.8 Å². The molecule has 0 spiro atoms. The summed E-state index contributed by atoms with van der Waals surface area (Å²) in [6.45, 7) is 2.92. The molecule has 0 atom stereocenters. The highest BCUT2D eigenvalue weighted by Crippen LogP contribution is 2.41. The van der Waals surface area contributed by atoms with Crippen LogP contribution in [0.15, 0.2) is 24.3 Å². The zero-order chi connectivity index (χ0) is 17.8. The summed E-state index contributed by atoms with van der Waals surface area (Å²) in [4.78, 5) is 13.1. The van der Waals surface area contributed by atoms with E-state index in [1.807, 2.05) is 12.1 Å². The number of rotatable bonds is 6. The summed E-state index contributed by atoms with van der Waals surface area (Å²) in [5.41, 5.74) is 0.875. The average molecular weight is 365 g/mol. The molecule has 1 amide bonds. The highest BCUT2D eigenvalue weighted by molar-refractivity contribution is 6.30. The second kappa shape index (κ2) is 8.07. The maximum atomic E-state index is 13.1. The monoisotopic (exact) mass is 364 g/mol. The second-order valence-corrected chi connectivity index (χ2v) is 8.08. The van der Waals surface area contributed by atoms with E-state index in [0.717, 1.165) is 43.8 Å². The molecule has 1 aromatic carbocycles. The van der Waals surface area contributed by atoms with Crippen molar-refractivity contribution in [2.75, 3.05) is 33.4 Å². The Morgan fingerprint density at radius 1 is 1.24 bits per heavy atom. The van der Waals surface area contributed by atoms with E-state index >= 15 is 0 Å². The minimum Gasteiger partial charge on any atom is -0.384 e. The van der Waals surface area contributed by atoms with E-state index in [0.29, 0.717) is 13.2 Å². The molecule has 1 aliphatic carbocycles. The molecule has 2 N–H and O–H groups in total. The van der Waals surface area contributed by atoms with Crippen molar-refractivity contribution in [1.82, 2.24) is 10.6 Å². The number of ether oxygens (including phenoxy) is 1. The van der Waals surface area contributed by atoms with Crippen molar-refractivity contribution in [2.24, 2.45) is 5.41 Å². The van der Waals surface area contributed by atoms with Crippen LogP contribution in [-0.4, -0.2) is 39.3 Å². The van der Waals surface area contributed by atoms with Crippen LogP contribution in [-0.2, 0) is 14.9 Å². The predicted octanol–water partition coefficient (Wildman–Crippen LogP) is 3.28. The lowest BCUT2D eigenvalue weighted by molar-refractivity contribution is -0.136. The molecule has 2 fully saturated rings. The molecule has 5 heteroatoms. The molecular weight excluding hydrogens is 336 g/mol. The van der Waals surface area contributed by atoms with Gasteiger partial charge in [-0.1, -0.05) is 36.6 Å². The largest absolute Gasteiger partial charge is 0.384 e. The quantitative estimate of drug-likeness (QED) is 0.814. The number of hydrogen-bond donors (Lipinski definition) is 2. The molecule has 0 bridgehead atoms. The SMILES string of the molecule is COCC1(C(=O)NCC2(c3cccc(Cl)c3)CCCC2)CCNCC1. The van der Waals surface area contributed by atoms with Gasteiger partial charge < -0.3 is 15.4 Å². The van der Waals surface area contributed by atoms with Crippen LogP contribution in [0.5, 0.6) is 0 Å². The Bertz CT molecular complexity index is 588. The molecule has 1 heterocycles. The van der Waals surface area contributed by atoms with Crippen molar-refractivity contribution in [2.45, 2.75) is 43.9 Å². The average Bonchev–Trinajstić information content (AvgIpc) is 3.11. The third kappa shape index (κ3) is 4.02. The summed E-state index contributed by atoms with van der Waals surface area (Å²) in [5.74, 6) is 0.143. The van der Waals surface area contributed by atoms with Gasteiger partial charge >= 0.3 is 0 Å². The maximum Gasteiger partial charge on any atom is 0.228 e. The highest BCUT2D eigenvalue weighted by Gasteiger charge is 2.42. The number of halogens is 1. The van der Waals surface area contributed by atoms with E-state index < -0.39 is 5.41 Å². The molecule has 0 unspecified atom stereocenters. The van der Waals surface area contributed by atoms with Gasteiger partial charge in [0.05, 0.1) is 12.0 Å². The van der Waals surface area contributed by atoms with Crippen molar-refractivity contribution in [1.29, 1.82) is 0 Å². The van der Waals surface area contributed by atoms with Crippen molar-refractivity contribution in [3.63, 3.8) is 0 Å². The van der Waals surface area contributed by atoms with Gasteiger partial charge in [0.1, 0.15) is 0 Å². The number of carbonyl (C=O) groups excluding carboxylic acids is 1. The van der Waals surface area contributed by atoms with E-state index in [1.165, 1.54) is 18.4 Å². The van der Waals surface area contributed by atoms with E-state index in [1.54, 1.807) is 7.11 Å². The Hall–Kier alpha value is -1.10. The zero-order valence-corrected chi connectivity index (χ0v) is 15.8. The van der Waals surface area contributed by atoms with Gasteiger partial charge in [-0.05, 0) is 56.5 Å². The summed E-state index contributed by atoms with van der Waals surface area (Å²) in [7, 11) is 1.68. The maximum absolute atomic E-state index is 13.1. The number of hydrogen-bond acceptors (Lipinski definition) is 3. The molecule has 1 saturated carbocycles. The number of nitrogens with one attached hydrogen (secondary N) is 2. The van der Waals surface area contributed by atoms with Crippen LogP contribution >= 0.6 is 11.6 Å². The predicted molar refractivity (Wildman–Crippen MR) is 101 cm³/mol. The lowest BCUT2D eigenvalue weighted by Gasteiger charge is -2.37. The van der Waals surface area contributed by atoms with Crippen LogP contribution in [0, 0.1) is 5.41 Å². The fraction of sp³-hybridized carbons (Fsp3) is 0.650. The number of methoxy groups -OCH3 is 1. The van der Waals surface area contributed by atoms with Crippen LogP contribution in [0.25, 0.3) is 0 Å². The van der Waals surface area contributed by atoms with Crippen LogP contribution in [0.1, 0.15) is 44.1 Å². The Morgan fingerprint density at radius 2 is 1.96 bits per heavy atom. The summed E-state index contributed by atoms with van der Waals surface area (Å²) >= 11 is 6.22. The Balaban J connectivity index is 1.74. The summed E-state index contributed by atoms with van der Waals surface area (Å²) in [6, 6.07) is 8.14. The minimum absolute atomic E-state index is 0.0156. The molecule has 1 saturated heterocycles. The van der Waals surface area contributed by atoms with E-state index in [9.17, 15) is 4.79 Å². The third-order valence-electron chi connectivity index (χ3n) is 6.05. The van der Waals surface area contributed by atoms with Crippen molar-refractivity contribution in [3.8, 4) is 0 Å². The molecule has 0 radical (unpaired) electrons. The van der Waals surface area contributed by atoms with Gasteiger partial charge in [0.15, 0.2) is 0 Å². The van der Waals surface area contributed by atoms with Crippen LogP contribution in [0.3, 0.4) is 0 Å². The summed E-state index contributed by atoms with van der Waals surface area (Å²) in [6.07, 6.45) is 6.28. The van der Waals surface area contributed by atoms with Gasteiger partial charge in [0, 0.05) is 24.1 Å².